The molecule has 3 heterocycles. The first-order valence-electron chi connectivity index (χ1n) is 12.0. The van der Waals surface area contributed by atoms with Gasteiger partial charge in [-0.05, 0) is 99.5 Å². The van der Waals surface area contributed by atoms with Crippen LogP contribution >= 0.6 is 11.6 Å². The minimum atomic E-state index is -1.23. The third-order valence-electron chi connectivity index (χ3n) is 7.25. The lowest BCUT2D eigenvalue weighted by Gasteiger charge is -2.41. The third kappa shape index (κ3) is 5.85. The van der Waals surface area contributed by atoms with E-state index in [-0.39, 0.29) is 12.0 Å². The Kier molecular flexibility index (Phi) is 8.35. The van der Waals surface area contributed by atoms with Gasteiger partial charge in [-0.25, -0.2) is 4.39 Å². The zero-order chi connectivity index (χ0) is 24.0. The summed E-state index contributed by atoms with van der Waals surface area (Å²) in [4.78, 5) is 10.9. The van der Waals surface area contributed by atoms with Crippen molar-refractivity contribution in [3.63, 3.8) is 0 Å². The number of aryl methyl sites for hydroxylation is 1. The van der Waals surface area contributed by atoms with Crippen LogP contribution in [-0.4, -0.2) is 53.3 Å². The molecule has 1 unspecified atom stereocenters. The Bertz CT molecular complexity index is 1070. The maximum atomic E-state index is 15.6. The second kappa shape index (κ2) is 11.4. The summed E-state index contributed by atoms with van der Waals surface area (Å²) in [5, 5.41) is 11.2. The molecule has 1 atom stereocenters. The molecular weight excluding hydrogens is 453 g/mol. The van der Waals surface area contributed by atoms with E-state index in [0.717, 1.165) is 45.3 Å². The molecule has 1 aromatic carbocycles. The summed E-state index contributed by atoms with van der Waals surface area (Å²) < 4.78 is 20.9. The van der Waals surface area contributed by atoms with Crippen molar-refractivity contribution in [2.75, 3.05) is 33.4 Å². The van der Waals surface area contributed by atoms with E-state index < -0.39 is 6.17 Å². The molecule has 1 saturated heterocycles. The molecule has 0 radical (unpaired) electrons. The Morgan fingerprint density at radius 2 is 1.97 bits per heavy atom. The van der Waals surface area contributed by atoms with Gasteiger partial charge in [0.15, 0.2) is 0 Å². The summed E-state index contributed by atoms with van der Waals surface area (Å²) in [5.41, 5.74) is 2.23. The van der Waals surface area contributed by atoms with Crippen LogP contribution in [0.25, 0.3) is 10.9 Å². The monoisotopic (exact) mass is 485 g/mol. The molecule has 2 aromatic heterocycles. The fourth-order valence-electron chi connectivity index (χ4n) is 4.98. The summed E-state index contributed by atoms with van der Waals surface area (Å²) in [6.45, 7) is 2.99. The molecule has 0 amide bonds. The summed E-state index contributed by atoms with van der Waals surface area (Å²) >= 11 is 6.39. The summed E-state index contributed by atoms with van der Waals surface area (Å²) in [5.74, 6) is 0.646. The number of pyridine rings is 2. The quantitative estimate of drug-likeness (QED) is 0.394. The van der Waals surface area contributed by atoms with Crippen LogP contribution in [0.15, 0.2) is 48.9 Å². The number of fused-ring (bicyclic) bond motifs is 1. The SMILES string of the molecule is COc1ccc2ncc(Cl)c(C(F)CCC3(CO)CCN(CCCc4ccncc4)CC3)c2c1. The molecule has 3 aromatic rings. The lowest BCUT2D eigenvalue weighted by Crippen LogP contribution is -2.42. The van der Waals surface area contributed by atoms with Crippen LogP contribution in [-0.2, 0) is 6.42 Å². The topological polar surface area (TPSA) is 58.5 Å². The number of halogens is 2. The van der Waals surface area contributed by atoms with E-state index in [9.17, 15) is 5.11 Å². The van der Waals surface area contributed by atoms with Crippen LogP contribution in [0.4, 0.5) is 4.39 Å². The van der Waals surface area contributed by atoms with Gasteiger partial charge in [-0.2, -0.15) is 0 Å². The number of aromatic nitrogens is 2. The Labute approximate surface area is 205 Å². The van der Waals surface area contributed by atoms with E-state index in [0.29, 0.717) is 40.1 Å². The number of ether oxygens (including phenoxy) is 1. The predicted octanol–water partition coefficient (Wildman–Crippen LogP) is 5.79. The highest BCUT2D eigenvalue weighted by Crippen LogP contribution is 2.41. The van der Waals surface area contributed by atoms with Gasteiger partial charge in [0.2, 0.25) is 0 Å². The van der Waals surface area contributed by atoms with Gasteiger partial charge in [0.1, 0.15) is 11.9 Å². The predicted molar refractivity (Wildman–Crippen MR) is 134 cm³/mol. The fraction of sp³-hybridized carbons (Fsp3) is 0.481. The third-order valence-corrected chi connectivity index (χ3v) is 7.55. The number of aliphatic hydroxyl groups is 1. The summed E-state index contributed by atoms with van der Waals surface area (Å²) in [7, 11) is 1.59. The molecule has 1 aliphatic rings. The number of alkyl halides is 1. The normalized spacial score (nSPS) is 17.1. The van der Waals surface area contributed by atoms with E-state index in [4.69, 9.17) is 16.3 Å². The largest absolute Gasteiger partial charge is 0.497 e. The van der Waals surface area contributed by atoms with Crippen molar-refractivity contribution in [3.05, 3.63) is 65.1 Å². The van der Waals surface area contributed by atoms with Crippen LogP contribution in [0.1, 0.15) is 49.4 Å². The molecule has 0 spiro atoms. The molecule has 4 rings (SSSR count). The second-order valence-corrected chi connectivity index (χ2v) is 9.78. The van der Waals surface area contributed by atoms with Gasteiger partial charge in [0, 0.05) is 36.1 Å². The van der Waals surface area contributed by atoms with E-state index >= 15 is 4.39 Å². The van der Waals surface area contributed by atoms with Crippen LogP contribution in [0.5, 0.6) is 5.75 Å². The zero-order valence-electron chi connectivity index (χ0n) is 19.7. The van der Waals surface area contributed by atoms with Crippen molar-refractivity contribution < 1.29 is 14.2 Å². The van der Waals surface area contributed by atoms with Crippen molar-refractivity contribution in [1.82, 2.24) is 14.9 Å². The summed E-state index contributed by atoms with van der Waals surface area (Å²) in [6.07, 6.45) is 8.80. The van der Waals surface area contributed by atoms with Crippen molar-refractivity contribution >= 4 is 22.5 Å². The number of hydrogen-bond donors (Lipinski definition) is 1. The number of rotatable bonds is 10. The minimum Gasteiger partial charge on any atom is -0.497 e. The average Bonchev–Trinajstić information content (AvgIpc) is 2.88. The molecule has 7 heteroatoms. The van der Waals surface area contributed by atoms with E-state index in [1.807, 2.05) is 24.5 Å². The molecule has 182 valence electrons. The first kappa shape index (κ1) is 24.8. The Hall–Kier alpha value is -2.28. The van der Waals surface area contributed by atoms with Crippen LogP contribution in [0, 0.1) is 5.41 Å². The lowest BCUT2D eigenvalue weighted by atomic mass is 9.74. The summed E-state index contributed by atoms with van der Waals surface area (Å²) in [6, 6.07) is 9.55. The maximum Gasteiger partial charge on any atom is 0.127 e. The van der Waals surface area contributed by atoms with Crippen molar-refractivity contribution in [2.24, 2.45) is 5.41 Å². The second-order valence-electron chi connectivity index (χ2n) is 9.37. The van der Waals surface area contributed by atoms with Gasteiger partial charge in [-0.15, -0.1) is 0 Å². The van der Waals surface area contributed by atoms with Gasteiger partial charge < -0.3 is 14.7 Å². The molecule has 5 nitrogen and oxygen atoms in total. The van der Waals surface area contributed by atoms with Gasteiger partial charge in [0.25, 0.3) is 0 Å². The molecule has 1 fully saturated rings. The van der Waals surface area contributed by atoms with E-state index in [1.165, 1.54) is 11.8 Å². The molecule has 0 bridgehead atoms. The maximum absolute atomic E-state index is 15.6. The Morgan fingerprint density at radius 1 is 1.21 bits per heavy atom. The first-order valence-corrected chi connectivity index (χ1v) is 12.4. The number of nitrogens with zero attached hydrogens (tertiary/aromatic N) is 3. The van der Waals surface area contributed by atoms with Gasteiger partial charge >= 0.3 is 0 Å². The highest BCUT2D eigenvalue weighted by Gasteiger charge is 2.35. The molecular formula is C27H33ClFN3O2. The Morgan fingerprint density at radius 3 is 2.68 bits per heavy atom. The fourth-order valence-corrected chi connectivity index (χ4v) is 5.25. The zero-order valence-corrected chi connectivity index (χ0v) is 20.5. The first-order chi connectivity index (χ1) is 16.5. The van der Waals surface area contributed by atoms with Crippen molar-refractivity contribution in [2.45, 2.75) is 44.7 Å². The van der Waals surface area contributed by atoms with Crippen LogP contribution in [0.2, 0.25) is 5.02 Å². The highest BCUT2D eigenvalue weighted by molar-refractivity contribution is 6.32. The molecule has 1 N–H and O–H groups in total. The molecule has 34 heavy (non-hydrogen) atoms. The number of piperidine rings is 1. The van der Waals surface area contributed by atoms with Gasteiger partial charge in [0.05, 0.1) is 17.6 Å². The van der Waals surface area contributed by atoms with Crippen molar-refractivity contribution in [3.8, 4) is 5.75 Å². The molecule has 0 aliphatic carbocycles. The lowest BCUT2D eigenvalue weighted by molar-refractivity contribution is 0.0300. The highest BCUT2D eigenvalue weighted by atomic mass is 35.5. The van der Waals surface area contributed by atoms with Gasteiger partial charge in [-0.1, -0.05) is 11.6 Å². The smallest absolute Gasteiger partial charge is 0.127 e. The Balaban J connectivity index is 1.34. The number of likely N-dealkylation sites (tertiary alicyclic amines) is 1. The standard InChI is InChI=1S/C27H33ClFN3O2/c1-34-21-4-5-25-22(17-21)26(23(28)18-31-25)24(29)6-9-27(19-33)10-15-32(16-11-27)14-2-3-20-7-12-30-13-8-20/h4-5,7-8,12-13,17-18,24,33H,2-3,6,9-11,14-16,19H2,1H3. The van der Waals surface area contributed by atoms with E-state index in [2.05, 4.69) is 27.0 Å². The molecule has 1 aliphatic heterocycles. The van der Waals surface area contributed by atoms with Crippen molar-refractivity contribution in [1.29, 1.82) is 0 Å². The minimum absolute atomic E-state index is 0.0865. The number of benzene rings is 1. The number of methoxy groups -OCH3 is 1. The number of hydrogen-bond acceptors (Lipinski definition) is 5. The molecule has 0 saturated carbocycles. The average molecular weight is 486 g/mol. The van der Waals surface area contributed by atoms with Gasteiger partial charge in [-0.3, -0.25) is 9.97 Å². The van der Waals surface area contributed by atoms with E-state index in [1.54, 1.807) is 13.2 Å². The number of aliphatic hydroxyl groups excluding tert-OH is 1. The van der Waals surface area contributed by atoms with Crippen LogP contribution in [0.3, 0.4) is 0 Å². The van der Waals surface area contributed by atoms with Crippen LogP contribution < -0.4 is 4.74 Å².